The van der Waals surface area contributed by atoms with Crippen molar-refractivity contribution in [2.24, 2.45) is 0 Å². The third kappa shape index (κ3) is 5.07. The third-order valence-corrected chi connectivity index (χ3v) is 2.96. The van der Waals surface area contributed by atoms with Gasteiger partial charge in [-0.1, -0.05) is 25.1 Å². The van der Waals surface area contributed by atoms with Crippen LogP contribution in [-0.2, 0) is 9.53 Å². The summed E-state index contributed by atoms with van der Waals surface area (Å²) in [6.45, 7) is 2.20. The van der Waals surface area contributed by atoms with Crippen molar-refractivity contribution in [3.63, 3.8) is 0 Å². The molecule has 0 unspecified atom stereocenters. The van der Waals surface area contributed by atoms with E-state index < -0.39 is 5.97 Å². The molecule has 0 saturated carbocycles. The van der Waals surface area contributed by atoms with Crippen molar-refractivity contribution >= 4 is 18.0 Å². The first-order chi connectivity index (χ1) is 11.2. The van der Waals surface area contributed by atoms with Crippen molar-refractivity contribution in [2.45, 2.75) is 13.3 Å². The number of benzene rings is 1. The van der Waals surface area contributed by atoms with E-state index in [1.54, 1.807) is 54.9 Å². The Kier molecular flexibility index (Phi) is 6.06. The predicted molar refractivity (Wildman–Crippen MR) is 87.4 cm³/mol. The number of carbonyl (C=O) groups excluding carboxylic acids is 2. The molecule has 0 aliphatic carbocycles. The van der Waals surface area contributed by atoms with Crippen molar-refractivity contribution in [2.75, 3.05) is 6.61 Å². The molecule has 0 radical (unpaired) electrons. The summed E-state index contributed by atoms with van der Waals surface area (Å²) < 4.78 is 5.12. The van der Waals surface area contributed by atoms with Crippen LogP contribution in [0.5, 0.6) is 0 Å². The molecule has 1 heterocycles. The van der Waals surface area contributed by atoms with Crippen LogP contribution < -0.4 is 5.32 Å². The molecular formula is C18H18N2O3. The lowest BCUT2D eigenvalue weighted by Crippen LogP contribution is -2.28. The molecule has 1 N–H and O–H groups in total. The van der Waals surface area contributed by atoms with Crippen LogP contribution in [0.2, 0.25) is 0 Å². The minimum atomic E-state index is -0.562. The van der Waals surface area contributed by atoms with Crippen LogP contribution in [0, 0.1) is 0 Å². The summed E-state index contributed by atoms with van der Waals surface area (Å²) in [4.78, 5) is 28.3. The van der Waals surface area contributed by atoms with Gasteiger partial charge in [0.15, 0.2) is 0 Å². The van der Waals surface area contributed by atoms with Crippen LogP contribution in [-0.4, -0.2) is 23.5 Å². The van der Waals surface area contributed by atoms with Gasteiger partial charge in [-0.3, -0.25) is 9.78 Å². The fraction of sp³-hybridized carbons (Fsp3) is 0.167. The Morgan fingerprint density at radius 3 is 2.48 bits per heavy atom. The van der Waals surface area contributed by atoms with Crippen LogP contribution in [0.25, 0.3) is 6.08 Å². The number of hydrogen-bond acceptors (Lipinski definition) is 4. The molecule has 5 nitrogen and oxygen atoms in total. The van der Waals surface area contributed by atoms with Gasteiger partial charge >= 0.3 is 5.97 Å². The normalized spacial score (nSPS) is 10.9. The number of carbonyl (C=O) groups is 2. The zero-order chi connectivity index (χ0) is 16.5. The molecule has 2 rings (SSSR count). The van der Waals surface area contributed by atoms with E-state index in [4.69, 9.17) is 4.74 Å². The second kappa shape index (κ2) is 8.48. The Hall–Kier alpha value is -2.95. The average Bonchev–Trinajstić information content (AvgIpc) is 2.60. The van der Waals surface area contributed by atoms with Crippen molar-refractivity contribution in [3.05, 3.63) is 71.7 Å². The Morgan fingerprint density at radius 2 is 1.83 bits per heavy atom. The summed E-state index contributed by atoms with van der Waals surface area (Å²) in [7, 11) is 0. The molecule has 0 bridgehead atoms. The number of hydrogen-bond donors (Lipinski definition) is 1. The van der Waals surface area contributed by atoms with Crippen LogP contribution in [0.15, 0.2) is 60.6 Å². The molecule has 0 fully saturated rings. The number of ether oxygens (including phenoxy) is 1. The lowest BCUT2D eigenvalue weighted by molar-refractivity contribution is -0.139. The molecule has 1 aromatic carbocycles. The molecule has 118 valence electrons. The second-order valence-electron chi connectivity index (χ2n) is 4.79. The first kappa shape index (κ1) is 16.4. The largest absolute Gasteiger partial charge is 0.461 e. The molecule has 0 spiro atoms. The van der Waals surface area contributed by atoms with E-state index in [9.17, 15) is 9.59 Å². The SMILES string of the molecule is CCCOC(=O)C(=Cc1ccncc1)NC(=O)c1ccccc1. The maximum atomic E-state index is 12.3. The van der Waals surface area contributed by atoms with Crippen molar-refractivity contribution in [1.82, 2.24) is 10.3 Å². The zero-order valence-corrected chi connectivity index (χ0v) is 12.9. The lowest BCUT2D eigenvalue weighted by Gasteiger charge is -2.10. The summed E-state index contributed by atoms with van der Waals surface area (Å²) in [5.41, 5.74) is 1.31. The van der Waals surface area contributed by atoms with Crippen molar-refractivity contribution < 1.29 is 14.3 Å². The number of nitrogens with zero attached hydrogens (tertiary/aromatic N) is 1. The van der Waals surface area contributed by atoms with Crippen molar-refractivity contribution in [1.29, 1.82) is 0 Å². The van der Waals surface area contributed by atoms with E-state index in [0.29, 0.717) is 18.6 Å². The predicted octanol–water partition coefficient (Wildman–Crippen LogP) is 2.81. The fourth-order valence-corrected chi connectivity index (χ4v) is 1.83. The topological polar surface area (TPSA) is 68.3 Å². The molecule has 23 heavy (non-hydrogen) atoms. The molecule has 0 aliphatic rings. The molecule has 0 saturated heterocycles. The molecule has 0 atom stereocenters. The van der Waals surface area contributed by atoms with Gasteiger partial charge in [0.1, 0.15) is 5.70 Å². The minimum absolute atomic E-state index is 0.0958. The van der Waals surface area contributed by atoms with Crippen LogP contribution in [0.4, 0.5) is 0 Å². The summed E-state index contributed by atoms with van der Waals surface area (Å²) in [6, 6.07) is 12.2. The number of pyridine rings is 1. The first-order valence-corrected chi connectivity index (χ1v) is 7.36. The molecular weight excluding hydrogens is 292 g/mol. The molecule has 5 heteroatoms. The second-order valence-corrected chi connectivity index (χ2v) is 4.79. The van der Waals surface area contributed by atoms with E-state index in [-0.39, 0.29) is 11.6 Å². The van der Waals surface area contributed by atoms with Gasteiger partial charge in [-0.05, 0) is 42.3 Å². The summed E-state index contributed by atoms with van der Waals surface area (Å²) >= 11 is 0. The summed E-state index contributed by atoms with van der Waals surface area (Å²) in [5.74, 6) is -0.924. The standard InChI is InChI=1S/C18H18N2O3/c1-2-12-23-18(22)16(13-14-8-10-19-11-9-14)20-17(21)15-6-4-3-5-7-15/h3-11,13H,2,12H2,1H3,(H,20,21). The van der Waals surface area contributed by atoms with Gasteiger partial charge in [-0.2, -0.15) is 0 Å². The highest BCUT2D eigenvalue weighted by Crippen LogP contribution is 2.07. The highest BCUT2D eigenvalue weighted by Gasteiger charge is 2.15. The number of esters is 1. The lowest BCUT2D eigenvalue weighted by atomic mass is 10.2. The quantitative estimate of drug-likeness (QED) is 0.658. The monoisotopic (exact) mass is 310 g/mol. The van der Waals surface area contributed by atoms with E-state index in [0.717, 1.165) is 5.56 Å². The number of nitrogens with one attached hydrogen (secondary N) is 1. The van der Waals surface area contributed by atoms with Gasteiger partial charge in [-0.15, -0.1) is 0 Å². The minimum Gasteiger partial charge on any atom is -0.461 e. The number of rotatable bonds is 6. The van der Waals surface area contributed by atoms with Gasteiger partial charge in [0, 0.05) is 18.0 Å². The summed E-state index contributed by atoms with van der Waals surface area (Å²) in [6.07, 6.45) is 5.50. The van der Waals surface area contributed by atoms with E-state index >= 15 is 0 Å². The Morgan fingerprint density at radius 1 is 1.13 bits per heavy atom. The maximum absolute atomic E-state index is 12.3. The maximum Gasteiger partial charge on any atom is 0.354 e. The third-order valence-electron chi connectivity index (χ3n) is 2.96. The summed E-state index contributed by atoms with van der Waals surface area (Å²) in [5, 5.41) is 2.62. The molecule has 1 amide bonds. The van der Waals surface area contributed by atoms with Gasteiger partial charge in [0.2, 0.25) is 0 Å². The van der Waals surface area contributed by atoms with E-state index in [1.165, 1.54) is 0 Å². The number of amides is 1. The van der Waals surface area contributed by atoms with E-state index in [1.807, 2.05) is 13.0 Å². The fourth-order valence-electron chi connectivity index (χ4n) is 1.83. The molecule has 0 aliphatic heterocycles. The van der Waals surface area contributed by atoms with E-state index in [2.05, 4.69) is 10.3 Å². The average molecular weight is 310 g/mol. The Labute approximate surface area is 135 Å². The van der Waals surface area contributed by atoms with Crippen molar-refractivity contribution in [3.8, 4) is 0 Å². The van der Waals surface area contributed by atoms with Gasteiger partial charge < -0.3 is 10.1 Å². The first-order valence-electron chi connectivity index (χ1n) is 7.36. The Bertz CT molecular complexity index is 682. The highest BCUT2D eigenvalue weighted by atomic mass is 16.5. The molecule has 1 aromatic heterocycles. The van der Waals surface area contributed by atoms with Crippen LogP contribution >= 0.6 is 0 Å². The highest BCUT2D eigenvalue weighted by molar-refractivity contribution is 6.03. The Balaban J connectivity index is 2.21. The molecule has 2 aromatic rings. The van der Waals surface area contributed by atoms with Crippen LogP contribution in [0.3, 0.4) is 0 Å². The van der Waals surface area contributed by atoms with Gasteiger partial charge in [0.05, 0.1) is 6.61 Å². The van der Waals surface area contributed by atoms with Gasteiger partial charge in [-0.25, -0.2) is 4.79 Å². The van der Waals surface area contributed by atoms with Gasteiger partial charge in [0.25, 0.3) is 5.91 Å². The number of aromatic nitrogens is 1. The smallest absolute Gasteiger partial charge is 0.354 e. The van der Waals surface area contributed by atoms with Crippen LogP contribution in [0.1, 0.15) is 29.3 Å². The zero-order valence-electron chi connectivity index (χ0n) is 12.9.